The molecule has 0 saturated heterocycles. The van der Waals surface area contributed by atoms with E-state index >= 15 is 0 Å². The van der Waals surface area contributed by atoms with E-state index in [4.69, 9.17) is 0 Å². The lowest BCUT2D eigenvalue weighted by molar-refractivity contribution is 1.23. The number of hydrogen-bond donors (Lipinski definition) is 0. The van der Waals surface area contributed by atoms with Gasteiger partial charge in [-0.1, -0.05) is 16.6 Å². The van der Waals surface area contributed by atoms with Crippen LogP contribution in [0.25, 0.3) is 0 Å². The normalized spacial score (nSPS) is 6.12. The fourth-order valence-electron chi connectivity index (χ4n) is 0.225. The Morgan fingerprint density at radius 2 is 2.38 bits per heavy atom. The fraction of sp³-hybridized carbons (Fsp3) is 0.333. The number of nitrogens with zero attached hydrogens (tertiary/aromatic N) is 1. The van der Waals surface area contributed by atoms with E-state index in [9.17, 15) is 4.91 Å². The second-order valence-corrected chi connectivity index (χ2v) is 1.09. The third-order valence-corrected chi connectivity index (χ3v) is 0.496. The van der Waals surface area contributed by atoms with Crippen LogP contribution >= 0.6 is 0 Å². The van der Waals surface area contributed by atoms with Gasteiger partial charge in [0, 0.05) is 0 Å². The molecule has 0 aliphatic rings. The third-order valence-electron chi connectivity index (χ3n) is 0.496. The summed E-state index contributed by atoms with van der Waals surface area (Å²) >= 11 is 0. The second-order valence-electron chi connectivity index (χ2n) is 1.09. The summed E-state index contributed by atoms with van der Waals surface area (Å²) in [7, 11) is 0. The molecule has 0 unspecified atom stereocenters. The molecule has 0 atom stereocenters. The highest BCUT2D eigenvalue weighted by molar-refractivity contribution is 4.85. The Labute approximate surface area is 48.2 Å². The van der Waals surface area contributed by atoms with Gasteiger partial charge in [-0.15, -0.1) is 0 Å². The average molecular weight is 109 g/mol. The third kappa shape index (κ3) is 4.90. The maximum absolute atomic E-state index is 9.41. The summed E-state index contributed by atoms with van der Waals surface area (Å²) in [5.74, 6) is 0. The highest BCUT2D eigenvalue weighted by atomic mass is 16.3. The Morgan fingerprint density at radius 1 is 1.62 bits per heavy atom. The first-order valence-electron chi connectivity index (χ1n) is 2.31. The molecule has 42 valence electrons. The standard InChI is InChI=1S/C6H7NO/c1-2-3-4-5-6-7-8/h2,5H,6H2,1H3. The van der Waals surface area contributed by atoms with Gasteiger partial charge in [-0.25, -0.2) is 0 Å². The van der Waals surface area contributed by atoms with Crippen molar-refractivity contribution >= 4 is 0 Å². The van der Waals surface area contributed by atoms with Crippen LogP contribution in [0.2, 0.25) is 0 Å². The van der Waals surface area contributed by atoms with Gasteiger partial charge in [0.25, 0.3) is 0 Å². The zero-order valence-electron chi connectivity index (χ0n) is 4.72. The Bertz CT molecular complexity index is 148. The van der Waals surface area contributed by atoms with Crippen molar-refractivity contribution in [3.05, 3.63) is 28.5 Å². The van der Waals surface area contributed by atoms with Gasteiger partial charge < -0.3 is 0 Å². The van der Waals surface area contributed by atoms with Gasteiger partial charge in [0.1, 0.15) is 6.54 Å². The molecule has 0 bridgehead atoms. The smallest absolute Gasteiger partial charge is 0.107 e. The molecule has 0 N–H and O–H groups in total. The Balaban J connectivity index is 3.64. The summed E-state index contributed by atoms with van der Waals surface area (Å²) in [6.07, 6.45) is 3.23. The molecular formula is C6H7NO. The monoisotopic (exact) mass is 109 g/mol. The van der Waals surface area contributed by atoms with E-state index in [0.717, 1.165) is 0 Å². The Morgan fingerprint density at radius 3 is 2.88 bits per heavy atom. The van der Waals surface area contributed by atoms with Crippen LogP contribution in [0, 0.1) is 4.91 Å². The lowest BCUT2D eigenvalue weighted by Gasteiger charge is -1.61. The van der Waals surface area contributed by atoms with Crippen molar-refractivity contribution < 1.29 is 0 Å². The van der Waals surface area contributed by atoms with Crippen LogP contribution in [-0.2, 0) is 0 Å². The van der Waals surface area contributed by atoms with Crippen molar-refractivity contribution in [2.45, 2.75) is 6.92 Å². The number of hydrogen-bond acceptors (Lipinski definition) is 2. The number of rotatable bonds is 2. The molecule has 8 heavy (non-hydrogen) atoms. The van der Waals surface area contributed by atoms with E-state index in [-0.39, 0.29) is 6.54 Å². The minimum Gasteiger partial charge on any atom is -0.150 e. The lowest BCUT2D eigenvalue weighted by atomic mass is 10.6. The molecular weight excluding hydrogens is 102 g/mol. The predicted molar refractivity (Wildman–Crippen MR) is 32.5 cm³/mol. The predicted octanol–water partition coefficient (Wildman–Crippen LogP) is 1.64. The van der Waals surface area contributed by atoms with Crippen molar-refractivity contribution in [2.75, 3.05) is 6.54 Å². The van der Waals surface area contributed by atoms with Crippen LogP contribution in [0.1, 0.15) is 6.92 Å². The van der Waals surface area contributed by atoms with Gasteiger partial charge >= 0.3 is 0 Å². The van der Waals surface area contributed by atoms with Gasteiger partial charge in [-0.2, -0.15) is 4.91 Å². The topological polar surface area (TPSA) is 29.4 Å². The fourth-order valence-corrected chi connectivity index (χ4v) is 0.225. The molecule has 2 heteroatoms. The lowest BCUT2D eigenvalue weighted by Crippen LogP contribution is -1.60. The van der Waals surface area contributed by atoms with Crippen LogP contribution in [0.5, 0.6) is 0 Å². The highest BCUT2D eigenvalue weighted by Gasteiger charge is 1.63. The Kier molecular flexibility index (Phi) is 5.09. The van der Waals surface area contributed by atoms with Crippen molar-refractivity contribution in [3.63, 3.8) is 0 Å². The molecule has 0 heterocycles. The maximum atomic E-state index is 9.41. The first-order chi connectivity index (χ1) is 3.91. The van der Waals surface area contributed by atoms with E-state index in [1.807, 2.05) is 6.92 Å². The molecule has 0 spiro atoms. The van der Waals surface area contributed by atoms with Crippen LogP contribution in [-0.4, -0.2) is 6.54 Å². The summed E-state index contributed by atoms with van der Waals surface area (Å²) in [5.41, 5.74) is 5.27. The minimum absolute atomic E-state index is 0.181. The molecule has 2 nitrogen and oxygen atoms in total. The van der Waals surface area contributed by atoms with Gasteiger partial charge in [0.05, 0.1) is 0 Å². The molecule has 0 radical (unpaired) electrons. The first-order valence-corrected chi connectivity index (χ1v) is 2.31. The molecule has 0 aromatic rings. The molecule has 0 aromatic carbocycles. The van der Waals surface area contributed by atoms with Crippen LogP contribution in [0.4, 0.5) is 0 Å². The summed E-state index contributed by atoms with van der Waals surface area (Å²) < 4.78 is 0. The second kappa shape index (κ2) is 5.90. The number of allylic oxidation sites excluding steroid dienone is 1. The average Bonchev–Trinajstić information content (AvgIpc) is 1.81. The quantitative estimate of drug-likeness (QED) is 0.391. The summed E-state index contributed by atoms with van der Waals surface area (Å²) in [6.45, 7) is 2.01. The molecule has 0 saturated carbocycles. The molecule has 0 aliphatic heterocycles. The SMILES string of the molecule is CC=C=C=CCN=O. The molecule has 0 fully saturated rings. The maximum Gasteiger partial charge on any atom is 0.107 e. The largest absolute Gasteiger partial charge is 0.150 e. The van der Waals surface area contributed by atoms with Crippen LogP contribution in [0.15, 0.2) is 28.8 Å². The van der Waals surface area contributed by atoms with Gasteiger partial charge in [-0.05, 0) is 19.1 Å². The summed E-state index contributed by atoms with van der Waals surface area (Å²) in [5, 5.41) is 2.59. The van der Waals surface area contributed by atoms with Crippen molar-refractivity contribution in [1.29, 1.82) is 0 Å². The van der Waals surface area contributed by atoms with E-state index in [0.29, 0.717) is 0 Å². The number of nitroso groups, excluding NO2 is 1. The molecule has 0 aromatic heterocycles. The highest BCUT2D eigenvalue weighted by Crippen LogP contribution is 1.67. The van der Waals surface area contributed by atoms with Gasteiger partial charge in [0.2, 0.25) is 0 Å². The zero-order chi connectivity index (χ0) is 6.24. The summed E-state index contributed by atoms with van der Waals surface area (Å²) in [4.78, 5) is 9.41. The zero-order valence-corrected chi connectivity index (χ0v) is 4.72. The Hall–Kier alpha value is -1.10. The van der Waals surface area contributed by atoms with Gasteiger partial charge in [-0.3, -0.25) is 0 Å². The minimum atomic E-state index is 0.181. The van der Waals surface area contributed by atoms with E-state index in [2.05, 4.69) is 16.6 Å². The molecule has 0 rings (SSSR count). The first kappa shape index (κ1) is 6.90. The van der Waals surface area contributed by atoms with Crippen molar-refractivity contribution in [2.24, 2.45) is 5.18 Å². The van der Waals surface area contributed by atoms with Crippen molar-refractivity contribution in [1.82, 2.24) is 0 Å². The van der Waals surface area contributed by atoms with E-state index in [1.165, 1.54) is 6.08 Å². The van der Waals surface area contributed by atoms with E-state index < -0.39 is 0 Å². The van der Waals surface area contributed by atoms with E-state index in [1.54, 1.807) is 6.08 Å². The van der Waals surface area contributed by atoms with Crippen LogP contribution < -0.4 is 0 Å². The van der Waals surface area contributed by atoms with Crippen molar-refractivity contribution in [3.8, 4) is 0 Å². The molecule has 0 aliphatic carbocycles. The van der Waals surface area contributed by atoms with Crippen LogP contribution in [0.3, 0.4) is 0 Å². The van der Waals surface area contributed by atoms with Gasteiger partial charge in [0.15, 0.2) is 0 Å². The summed E-state index contributed by atoms with van der Waals surface area (Å²) in [6, 6.07) is 0. The molecule has 0 amide bonds.